The third-order valence-electron chi connectivity index (χ3n) is 7.85. The molecule has 272 valence electrons. The van der Waals surface area contributed by atoms with Gasteiger partial charge in [0.25, 0.3) is 23.6 Å². The van der Waals surface area contributed by atoms with Gasteiger partial charge in [-0.1, -0.05) is 18.2 Å². The molecule has 0 atom stereocenters. The molecule has 5 rings (SSSR count). The van der Waals surface area contributed by atoms with E-state index in [9.17, 15) is 29.4 Å². The van der Waals surface area contributed by atoms with Crippen LogP contribution in [0.4, 0.5) is 5.69 Å². The average molecular weight is 755 g/mol. The minimum Gasteiger partial charge on any atom is -0.504 e. The van der Waals surface area contributed by atoms with Crippen molar-refractivity contribution in [3.05, 3.63) is 107 Å². The second kappa shape index (κ2) is 16.8. The van der Waals surface area contributed by atoms with Crippen molar-refractivity contribution < 1.29 is 43.6 Å². The minimum absolute atomic E-state index is 0.0556. The number of carbonyl (C=O) groups is 4. The molecule has 3 aromatic rings. The Morgan fingerprint density at radius 3 is 1.98 bits per heavy atom. The molecule has 13 nitrogen and oxygen atoms in total. The number of aromatic hydroxyl groups is 2. The summed E-state index contributed by atoms with van der Waals surface area (Å²) in [5.41, 5.74) is 2.00. The van der Waals surface area contributed by atoms with Gasteiger partial charge in [-0.15, -0.1) is 6.58 Å². The second-order valence-electron chi connectivity index (χ2n) is 11.4. The Kier molecular flexibility index (Phi) is 12.0. The van der Waals surface area contributed by atoms with Crippen molar-refractivity contribution in [2.75, 3.05) is 25.2 Å². The van der Waals surface area contributed by atoms with E-state index in [1.54, 1.807) is 61.5 Å². The van der Waals surface area contributed by atoms with Crippen molar-refractivity contribution in [2.45, 2.75) is 19.8 Å². The molecule has 0 spiro atoms. The summed E-state index contributed by atoms with van der Waals surface area (Å²) in [6, 6.07) is 12.9. The van der Waals surface area contributed by atoms with Gasteiger partial charge in [-0.25, -0.2) is 0 Å². The molecule has 0 aliphatic carbocycles. The standard InChI is InChI=1S/C38H34N4O9S2/c1-4-8-23-15-22(19-29(49-3)31(23)43)18-28-35(47)41-38(53)42(36(28)48)25-10-12-26(13-11-25)51-14-7-6-9-24-16-21(20-30(32(24)44)50-5-2)17-27-33(45)39-37(52)40-34(27)46/h4,6-7,10-13,15-20,43-44H,1,5,8-9,14H2,2-3H3,(H,41,47,53)(H2,39,40,45,46,52)/b7-6+,28-18+. The van der Waals surface area contributed by atoms with Crippen LogP contribution in [0.25, 0.3) is 12.2 Å². The van der Waals surface area contributed by atoms with Crippen molar-refractivity contribution >= 4 is 76.1 Å². The molecule has 2 aliphatic rings. The molecule has 15 heteroatoms. The van der Waals surface area contributed by atoms with Crippen molar-refractivity contribution in [3.8, 4) is 28.7 Å². The number of hydrogen-bond acceptors (Lipinski definition) is 11. The fourth-order valence-corrected chi connectivity index (χ4v) is 5.85. The van der Waals surface area contributed by atoms with Gasteiger partial charge in [0.15, 0.2) is 33.2 Å². The number of nitrogens with one attached hydrogen (secondary N) is 3. The van der Waals surface area contributed by atoms with Crippen molar-refractivity contribution in [1.82, 2.24) is 16.0 Å². The predicted molar refractivity (Wildman–Crippen MR) is 206 cm³/mol. The van der Waals surface area contributed by atoms with E-state index in [1.165, 1.54) is 36.3 Å². The topological polar surface area (TPSA) is 176 Å². The van der Waals surface area contributed by atoms with E-state index in [1.807, 2.05) is 0 Å². The normalized spacial score (nSPS) is 15.3. The van der Waals surface area contributed by atoms with Gasteiger partial charge in [-0.2, -0.15) is 0 Å². The molecule has 0 saturated carbocycles. The van der Waals surface area contributed by atoms with Crippen LogP contribution in [0.5, 0.6) is 28.7 Å². The Hall–Kier alpha value is -6.32. The number of hydrogen-bond donors (Lipinski definition) is 5. The number of rotatable bonds is 13. The Morgan fingerprint density at radius 2 is 1.36 bits per heavy atom. The van der Waals surface area contributed by atoms with Crippen LogP contribution < -0.4 is 35.1 Å². The maximum Gasteiger partial charge on any atom is 0.270 e. The van der Waals surface area contributed by atoms with Gasteiger partial charge in [0.2, 0.25) is 0 Å². The van der Waals surface area contributed by atoms with Crippen LogP contribution in [0.3, 0.4) is 0 Å². The van der Waals surface area contributed by atoms with Crippen molar-refractivity contribution in [1.29, 1.82) is 0 Å². The first kappa shape index (κ1) is 37.9. The number of allylic oxidation sites excluding steroid dienone is 2. The van der Waals surface area contributed by atoms with E-state index >= 15 is 0 Å². The van der Waals surface area contributed by atoms with Gasteiger partial charge in [0.1, 0.15) is 23.5 Å². The molecule has 2 heterocycles. The zero-order valence-electron chi connectivity index (χ0n) is 28.6. The zero-order chi connectivity index (χ0) is 38.2. The van der Waals surface area contributed by atoms with Gasteiger partial charge >= 0.3 is 0 Å². The smallest absolute Gasteiger partial charge is 0.270 e. The van der Waals surface area contributed by atoms with Crippen molar-refractivity contribution in [2.24, 2.45) is 0 Å². The summed E-state index contributed by atoms with van der Waals surface area (Å²) in [6.45, 7) is 5.90. The van der Waals surface area contributed by atoms with Crippen LogP contribution in [0.2, 0.25) is 0 Å². The summed E-state index contributed by atoms with van der Waals surface area (Å²) in [7, 11) is 1.40. The molecule has 0 radical (unpaired) electrons. The molecule has 2 saturated heterocycles. The van der Waals surface area contributed by atoms with E-state index in [2.05, 4.69) is 22.5 Å². The van der Waals surface area contributed by atoms with Gasteiger partial charge in [-0.3, -0.25) is 40.0 Å². The highest BCUT2D eigenvalue weighted by atomic mass is 32.1. The lowest BCUT2D eigenvalue weighted by Crippen LogP contribution is -2.54. The number of phenols is 2. The number of phenolic OH excluding ortho intramolecular Hbond substituents is 2. The van der Waals surface area contributed by atoms with Gasteiger partial charge in [-0.05, 0) is 116 Å². The maximum absolute atomic E-state index is 13.6. The highest BCUT2D eigenvalue weighted by molar-refractivity contribution is 7.80. The first-order chi connectivity index (χ1) is 25.4. The van der Waals surface area contributed by atoms with Crippen LogP contribution in [0.1, 0.15) is 29.2 Å². The fraction of sp³-hybridized carbons (Fsp3) is 0.158. The van der Waals surface area contributed by atoms with Gasteiger partial charge < -0.3 is 24.4 Å². The quantitative estimate of drug-likeness (QED) is 0.0734. The summed E-state index contributed by atoms with van der Waals surface area (Å²) in [5.74, 6) is -1.85. The SMILES string of the molecule is C=CCc1cc(/C=C2\C(=O)NC(=S)N(c3ccc(OC/C=C/Cc4cc(C=C5C(=O)NC(=S)NC5=O)cc(OCC)c4O)cc3)C2=O)cc(OC)c1O. The lowest BCUT2D eigenvalue weighted by molar-refractivity contribution is -0.124. The molecule has 0 bridgehead atoms. The predicted octanol–water partition coefficient (Wildman–Crippen LogP) is 4.16. The maximum atomic E-state index is 13.6. The zero-order valence-corrected chi connectivity index (χ0v) is 30.2. The second-order valence-corrected chi connectivity index (χ2v) is 12.2. The molecule has 5 N–H and O–H groups in total. The summed E-state index contributed by atoms with van der Waals surface area (Å²) >= 11 is 10.2. The molecule has 4 amide bonds. The van der Waals surface area contributed by atoms with Crippen molar-refractivity contribution in [3.63, 3.8) is 0 Å². The summed E-state index contributed by atoms with van der Waals surface area (Å²) in [4.78, 5) is 52.3. The molecular weight excluding hydrogens is 721 g/mol. The van der Waals surface area contributed by atoms with Gasteiger partial charge in [0, 0.05) is 11.1 Å². The lowest BCUT2D eigenvalue weighted by atomic mass is 10.0. The molecule has 2 aliphatic heterocycles. The Morgan fingerprint density at radius 1 is 0.774 bits per heavy atom. The molecule has 2 fully saturated rings. The summed E-state index contributed by atoms with van der Waals surface area (Å²) in [6.07, 6.45) is 8.54. The number of amides is 4. The number of carbonyl (C=O) groups excluding carboxylic acids is 4. The minimum atomic E-state index is -0.666. The lowest BCUT2D eigenvalue weighted by Gasteiger charge is -2.29. The van der Waals surface area contributed by atoms with E-state index in [0.717, 1.165) is 0 Å². The van der Waals surface area contributed by atoms with E-state index < -0.39 is 23.6 Å². The van der Waals surface area contributed by atoms with Gasteiger partial charge in [0.05, 0.1) is 19.4 Å². The van der Waals surface area contributed by atoms with Crippen LogP contribution in [-0.2, 0) is 32.0 Å². The number of benzene rings is 3. The number of ether oxygens (including phenoxy) is 3. The Bertz CT molecular complexity index is 2100. The molecular formula is C38H34N4O9S2. The fourth-order valence-electron chi connectivity index (χ4n) is 5.38. The molecule has 0 aromatic heterocycles. The van der Waals surface area contributed by atoms with Crippen LogP contribution >= 0.6 is 24.4 Å². The first-order valence-electron chi connectivity index (χ1n) is 16.1. The Labute approximate surface area is 315 Å². The van der Waals surface area contributed by atoms with Crippen LogP contribution in [0.15, 0.2) is 84.5 Å². The monoisotopic (exact) mass is 754 g/mol. The number of thiocarbonyl (C=S) groups is 2. The molecule has 53 heavy (non-hydrogen) atoms. The number of anilines is 1. The van der Waals surface area contributed by atoms with E-state index in [-0.39, 0.29) is 64.0 Å². The van der Waals surface area contributed by atoms with Crippen LogP contribution in [0, 0.1) is 0 Å². The Balaban J connectivity index is 1.26. The molecule has 3 aromatic carbocycles. The van der Waals surface area contributed by atoms with E-state index in [0.29, 0.717) is 40.1 Å². The third kappa shape index (κ3) is 8.77. The van der Waals surface area contributed by atoms with Crippen LogP contribution in [-0.4, -0.2) is 64.4 Å². The molecule has 0 unspecified atom stereocenters. The highest BCUT2D eigenvalue weighted by Gasteiger charge is 2.34. The first-order valence-corrected chi connectivity index (χ1v) is 16.9. The highest BCUT2D eigenvalue weighted by Crippen LogP contribution is 2.35. The van der Waals surface area contributed by atoms with E-state index in [4.69, 9.17) is 38.6 Å². The largest absolute Gasteiger partial charge is 0.504 e. The third-order valence-corrected chi connectivity index (χ3v) is 8.34. The average Bonchev–Trinajstić information content (AvgIpc) is 3.11. The number of methoxy groups -OCH3 is 1. The summed E-state index contributed by atoms with van der Waals surface area (Å²) < 4.78 is 16.7. The summed E-state index contributed by atoms with van der Waals surface area (Å²) in [5, 5.41) is 28.4. The number of nitrogens with zero attached hydrogens (tertiary/aromatic N) is 1.